The van der Waals surface area contributed by atoms with E-state index in [1.807, 2.05) is 43.3 Å². The van der Waals surface area contributed by atoms with Crippen LogP contribution in [0.25, 0.3) is 0 Å². The number of carbonyl (C=O) groups excluding carboxylic acids is 1. The van der Waals surface area contributed by atoms with Crippen LogP contribution in [0.1, 0.15) is 5.82 Å². The van der Waals surface area contributed by atoms with Gasteiger partial charge in [-0.15, -0.1) is 0 Å². The average Bonchev–Trinajstić information content (AvgIpc) is 2.73. The van der Waals surface area contributed by atoms with E-state index in [0.29, 0.717) is 42.9 Å². The maximum atomic E-state index is 12.8. The number of nitrogens with zero attached hydrogens (tertiary/aromatic N) is 6. The molecule has 0 spiro atoms. The van der Waals surface area contributed by atoms with Crippen LogP contribution in [-0.4, -0.2) is 83.6 Å². The van der Waals surface area contributed by atoms with Gasteiger partial charge < -0.3 is 25.0 Å². The molecular weight excluding hydrogens is 374 g/mol. The molecule has 1 saturated heterocycles. The predicted molar refractivity (Wildman–Crippen MR) is 107 cm³/mol. The summed E-state index contributed by atoms with van der Waals surface area (Å²) in [4.78, 5) is 31.4. The van der Waals surface area contributed by atoms with E-state index in [1.54, 1.807) is 4.90 Å². The number of piperazine rings is 1. The highest BCUT2D eigenvalue weighted by atomic mass is 16.6. The predicted octanol–water partition coefficient (Wildman–Crippen LogP) is 0.00400. The van der Waals surface area contributed by atoms with E-state index in [9.17, 15) is 4.79 Å². The van der Waals surface area contributed by atoms with Gasteiger partial charge in [0.15, 0.2) is 11.5 Å². The summed E-state index contributed by atoms with van der Waals surface area (Å²) < 4.78 is 11.5. The van der Waals surface area contributed by atoms with Crippen molar-refractivity contribution in [3.63, 3.8) is 0 Å². The fraction of sp³-hybridized carbons (Fsp3) is 0.474. The van der Waals surface area contributed by atoms with E-state index >= 15 is 0 Å². The lowest BCUT2D eigenvalue weighted by Gasteiger charge is -2.36. The average molecular weight is 399 g/mol. The number of carbonyl (C=O) groups is 1. The van der Waals surface area contributed by atoms with E-state index < -0.39 is 6.10 Å². The van der Waals surface area contributed by atoms with Gasteiger partial charge >= 0.3 is 0 Å². The molecule has 1 fully saturated rings. The van der Waals surface area contributed by atoms with Gasteiger partial charge in [0, 0.05) is 40.3 Å². The quantitative estimate of drug-likeness (QED) is 0.760. The first-order valence-corrected chi connectivity index (χ1v) is 9.57. The summed E-state index contributed by atoms with van der Waals surface area (Å²) in [6.07, 6.45) is -0.609. The first-order valence-electron chi connectivity index (χ1n) is 9.57. The van der Waals surface area contributed by atoms with Crippen LogP contribution in [0.3, 0.4) is 0 Å². The van der Waals surface area contributed by atoms with Gasteiger partial charge in [-0.2, -0.15) is 15.0 Å². The smallest absolute Gasteiger partial charge is 0.267 e. The molecule has 0 saturated carbocycles. The van der Waals surface area contributed by atoms with Gasteiger partial charge in [-0.05, 0) is 12.1 Å². The molecule has 29 heavy (non-hydrogen) atoms. The maximum Gasteiger partial charge on any atom is 0.267 e. The number of hydrogen-bond acceptors (Lipinski definition) is 9. The molecule has 0 bridgehead atoms. The van der Waals surface area contributed by atoms with E-state index in [1.165, 1.54) is 0 Å². The standard InChI is InChI=1S/C19H25N7O3/c1-24(2)19-22-16(21-18(20)23-19)11-25-7-9-26(10-8-25)17(27)15-12-28-13-5-3-4-6-14(13)29-15/h3-6,15H,7-12H2,1-2H3,(H2,20,21,22,23)/t15-/m0/s1. The minimum Gasteiger partial charge on any atom is -0.485 e. The van der Waals surface area contributed by atoms with E-state index in [0.717, 1.165) is 13.1 Å². The lowest BCUT2D eigenvalue weighted by molar-refractivity contribution is -0.143. The van der Waals surface area contributed by atoms with Crippen molar-refractivity contribution >= 4 is 17.8 Å². The lowest BCUT2D eigenvalue weighted by atomic mass is 10.2. The van der Waals surface area contributed by atoms with Gasteiger partial charge in [0.2, 0.25) is 18.0 Å². The second-order valence-electron chi connectivity index (χ2n) is 7.27. The van der Waals surface area contributed by atoms with Crippen molar-refractivity contribution in [2.45, 2.75) is 12.6 Å². The van der Waals surface area contributed by atoms with Crippen molar-refractivity contribution in [3.05, 3.63) is 30.1 Å². The van der Waals surface area contributed by atoms with Crippen LogP contribution in [0.4, 0.5) is 11.9 Å². The lowest BCUT2D eigenvalue weighted by Crippen LogP contribution is -2.53. The summed E-state index contributed by atoms with van der Waals surface area (Å²) in [6.45, 7) is 3.46. The molecule has 1 aromatic heterocycles. The zero-order chi connectivity index (χ0) is 20.4. The van der Waals surface area contributed by atoms with Gasteiger partial charge in [0.1, 0.15) is 12.4 Å². The molecule has 0 unspecified atom stereocenters. The molecule has 0 radical (unpaired) electrons. The highest BCUT2D eigenvalue weighted by molar-refractivity contribution is 5.82. The summed E-state index contributed by atoms with van der Waals surface area (Å²) in [5.74, 6) is 2.62. The maximum absolute atomic E-state index is 12.8. The molecular formula is C19H25N7O3. The second kappa shape index (κ2) is 8.08. The zero-order valence-corrected chi connectivity index (χ0v) is 16.6. The van der Waals surface area contributed by atoms with Gasteiger partial charge in [-0.25, -0.2) is 0 Å². The molecule has 154 valence electrons. The van der Waals surface area contributed by atoms with Crippen molar-refractivity contribution in [2.24, 2.45) is 0 Å². The number of aromatic nitrogens is 3. The number of fused-ring (bicyclic) bond motifs is 1. The third-order valence-corrected chi connectivity index (χ3v) is 4.92. The normalized spacial score (nSPS) is 19.1. The fourth-order valence-corrected chi connectivity index (χ4v) is 3.37. The Bertz CT molecular complexity index is 884. The van der Waals surface area contributed by atoms with E-state index in [-0.39, 0.29) is 18.5 Å². The molecule has 2 aliphatic heterocycles. The number of para-hydroxylation sites is 2. The van der Waals surface area contributed by atoms with Gasteiger partial charge in [-0.1, -0.05) is 12.1 Å². The molecule has 2 aromatic rings. The van der Waals surface area contributed by atoms with Crippen molar-refractivity contribution in [2.75, 3.05) is 57.5 Å². The van der Waals surface area contributed by atoms with E-state index in [4.69, 9.17) is 15.2 Å². The number of ether oxygens (including phenoxy) is 2. The molecule has 1 atom stereocenters. The van der Waals surface area contributed by atoms with Gasteiger partial charge in [0.05, 0.1) is 6.54 Å². The monoisotopic (exact) mass is 399 g/mol. The zero-order valence-electron chi connectivity index (χ0n) is 16.6. The SMILES string of the molecule is CN(C)c1nc(N)nc(CN2CCN(C(=O)[C@@H]3COc4ccccc4O3)CC2)n1. The van der Waals surface area contributed by atoms with Crippen molar-refractivity contribution < 1.29 is 14.3 Å². The summed E-state index contributed by atoms with van der Waals surface area (Å²) in [7, 11) is 3.72. The van der Waals surface area contributed by atoms with Crippen LogP contribution < -0.4 is 20.1 Å². The molecule has 1 amide bonds. The topological polar surface area (TPSA) is 110 Å². The van der Waals surface area contributed by atoms with Crippen molar-refractivity contribution in [1.82, 2.24) is 24.8 Å². The summed E-state index contributed by atoms with van der Waals surface area (Å²) >= 11 is 0. The molecule has 10 nitrogen and oxygen atoms in total. The van der Waals surface area contributed by atoms with E-state index in [2.05, 4.69) is 19.9 Å². The Hall–Kier alpha value is -3.14. The third-order valence-electron chi connectivity index (χ3n) is 4.92. The number of nitrogen functional groups attached to an aromatic ring is 1. The molecule has 4 rings (SSSR count). The van der Waals surface area contributed by atoms with Crippen LogP contribution in [-0.2, 0) is 11.3 Å². The van der Waals surface area contributed by atoms with Crippen LogP contribution >= 0.6 is 0 Å². The minimum atomic E-state index is -0.609. The highest BCUT2D eigenvalue weighted by Crippen LogP contribution is 2.31. The highest BCUT2D eigenvalue weighted by Gasteiger charge is 2.32. The van der Waals surface area contributed by atoms with Crippen LogP contribution in [0.2, 0.25) is 0 Å². The number of anilines is 2. The molecule has 1 aromatic carbocycles. The molecule has 0 aliphatic carbocycles. The first-order chi connectivity index (χ1) is 14.0. The molecule has 3 heterocycles. The number of rotatable bonds is 4. The molecule has 2 N–H and O–H groups in total. The first kappa shape index (κ1) is 19.2. The number of nitrogens with two attached hydrogens (primary N) is 1. The Morgan fingerprint density at radius 1 is 1.14 bits per heavy atom. The Labute approximate surface area is 169 Å². The number of hydrogen-bond donors (Lipinski definition) is 1. The molecule has 10 heteroatoms. The number of benzene rings is 1. The Morgan fingerprint density at radius 3 is 2.59 bits per heavy atom. The third kappa shape index (κ3) is 4.32. The van der Waals surface area contributed by atoms with Crippen molar-refractivity contribution in [3.8, 4) is 11.5 Å². The van der Waals surface area contributed by atoms with Crippen molar-refractivity contribution in [1.29, 1.82) is 0 Å². The Kier molecular flexibility index (Phi) is 5.34. The Morgan fingerprint density at radius 2 is 1.86 bits per heavy atom. The largest absolute Gasteiger partial charge is 0.485 e. The second-order valence-corrected chi connectivity index (χ2v) is 7.27. The number of amides is 1. The van der Waals surface area contributed by atoms with Crippen LogP contribution in [0.15, 0.2) is 24.3 Å². The minimum absolute atomic E-state index is 0.0431. The van der Waals surface area contributed by atoms with Gasteiger partial charge in [-0.3, -0.25) is 9.69 Å². The summed E-state index contributed by atoms with van der Waals surface area (Å²) in [5.41, 5.74) is 5.79. The summed E-state index contributed by atoms with van der Waals surface area (Å²) in [6, 6.07) is 7.40. The van der Waals surface area contributed by atoms with Gasteiger partial charge in [0.25, 0.3) is 5.91 Å². The molecule has 2 aliphatic rings. The van der Waals surface area contributed by atoms with Crippen LogP contribution in [0.5, 0.6) is 11.5 Å². The summed E-state index contributed by atoms with van der Waals surface area (Å²) in [5, 5.41) is 0. The van der Waals surface area contributed by atoms with Crippen LogP contribution in [0, 0.1) is 0 Å². The Balaban J connectivity index is 1.32. The fourth-order valence-electron chi connectivity index (χ4n) is 3.37.